The number of amides is 1. The Labute approximate surface area is 125 Å². The minimum absolute atomic E-state index is 0.0769. The number of nitro benzene ring substituents is 1. The fraction of sp³-hybridized carbons (Fsp3) is 0. The summed E-state index contributed by atoms with van der Waals surface area (Å²) in [4.78, 5) is 22.2. The Kier molecular flexibility index (Phi) is 4.47. The number of rotatable bonds is 5. The second kappa shape index (κ2) is 6.49. The largest absolute Gasteiger partial charge is 0.298 e. The minimum Gasteiger partial charge on any atom is -0.298 e. The van der Waals surface area contributed by atoms with E-state index in [2.05, 4.69) is 17.4 Å². The van der Waals surface area contributed by atoms with E-state index in [0.29, 0.717) is 11.3 Å². The van der Waals surface area contributed by atoms with Crippen LogP contribution in [0.1, 0.15) is 15.9 Å². The number of hydrogen-bond donors (Lipinski definition) is 2. The van der Waals surface area contributed by atoms with E-state index in [1.165, 1.54) is 48.5 Å². The quantitative estimate of drug-likeness (QED) is 0.657. The van der Waals surface area contributed by atoms with Gasteiger partial charge in [0.15, 0.2) is 0 Å². The molecule has 0 heterocycles. The zero-order valence-corrected chi connectivity index (χ0v) is 11.4. The molecular formula is C15H12FN3O3. The highest BCUT2D eigenvalue weighted by Crippen LogP contribution is 2.17. The smallest absolute Gasteiger partial charge is 0.282 e. The normalized spacial score (nSPS) is 9.86. The highest BCUT2D eigenvalue weighted by atomic mass is 19.1. The average molecular weight is 301 g/mol. The van der Waals surface area contributed by atoms with Crippen molar-refractivity contribution in [2.45, 2.75) is 0 Å². The maximum Gasteiger partial charge on any atom is 0.282 e. The first-order valence-corrected chi connectivity index (χ1v) is 6.23. The lowest BCUT2D eigenvalue weighted by atomic mass is 10.1. The molecule has 0 spiro atoms. The molecule has 2 aromatic carbocycles. The molecule has 0 aliphatic heterocycles. The van der Waals surface area contributed by atoms with Gasteiger partial charge in [0.25, 0.3) is 11.6 Å². The van der Waals surface area contributed by atoms with Crippen LogP contribution in [0.15, 0.2) is 55.1 Å². The van der Waals surface area contributed by atoms with Gasteiger partial charge < -0.3 is 0 Å². The van der Waals surface area contributed by atoms with Gasteiger partial charge in [-0.15, -0.1) is 0 Å². The first kappa shape index (κ1) is 15.2. The number of hydrogen-bond acceptors (Lipinski definition) is 4. The molecule has 0 aliphatic carbocycles. The number of nitrogens with one attached hydrogen (secondary N) is 2. The van der Waals surface area contributed by atoms with Crippen molar-refractivity contribution in [3.8, 4) is 0 Å². The summed E-state index contributed by atoms with van der Waals surface area (Å²) in [7, 11) is 0. The Balaban J connectivity index is 2.06. The van der Waals surface area contributed by atoms with Gasteiger partial charge in [-0.2, -0.15) is 0 Å². The maximum atomic E-state index is 12.8. The van der Waals surface area contributed by atoms with Crippen molar-refractivity contribution in [3.05, 3.63) is 82.2 Å². The van der Waals surface area contributed by atoms with Gasteiger partial charge in [-0.25, -0.2) is 4.39 Å². The molecule has 2 rings (SSSR count). The predicted molar refractivity (Wildman–Crippen MR) is 79.1 cm³/mol. The Morgan fingerprint density at radius 1 is 1.09 bits per heavy atom. The molecule has 6 nitrogen and oxygen atoms in total. The van der Waals surface area contributed by atoms with Gasteiger partial charge in [0.1, 0.15) is 11.4 Å². The summed E-state index contributed by atoms with van der Waals surface area (Å²) in [5.74, 6) is -1.06. The molecular weight excluding hydrogens is 289 g/mol. The molecule has 22 heavy (non-hydrogen) atoms. The molecule has 0 bridgehead atoms. The molecule has 7 heteroatoms. The van der Waals surface area contributed by atoms with E-state index < -0.39 is 10.8 Å². The molecule has 0 aromatic heterocycles. The van der Waals surface area contributed by atoms with Crippen LogP contribution in [0.3, 0.4) is 0 Å². The molecule has 0 radical (unpaired) electrons. The number of nitro groups is 1. The highest BCUT2D eigenvalue weighted by molar-refractivity contribution is 5.98. The summed E-state index contributed by atoms with van der Waals surface area (Å²) in [6.45, 7) is 3.70. The van der Waals surface area contributed by atoms with E-state index in [1.807, 2.05) is 0 Å². The molecule has 112 valence electrons. The van der Waals surface area contributed by atoms with Crippen LogP contribution in [0, 0.1) is 15.9 Å². The third-order valence-corrected chi connectivity index (χ3v) is 2.86. The molecule has 1 amide bonds. The van der Waals surface area contributed by atoms with Crippen molar-refractivity contribution >= 4 is 17.3 Å². The third kappa shape index (κ3) is 3.45. The van der Waals surface area contributed by atoms with Gasteiger partial charge in [-0.1, -0.05) is 18.7 Å². The number of carbonyl (C=O) groups excluding carboxylic acids is 1. The number of benzene rings is 2. The first-order valence-electron chi connectivity index (χ1n) is 6.23. The van der Waals surface area contributed by atoms with Crippen LogP contribution in [-0.2, 0) is 0 Å². The van der Waals surface area contributed by atoms with Gasteiger partial charge >= 0.3 is 0 Å². The van der Waals surface area contributed by atoms with Crippen LogP contribution >= 0.6 is 0 Å². The lowest BCUT2D eigenvalue weighted by Gasteiger charge is -2.11. The van der Waals surface area contributed by atoms with Crippen molar-refractivity contribution in [1.29, 1.82) is 0 Å². The fourth-order valence-corrected chi connectivity index (χ4v) is 1.75. The average Bonchev–Trinajstić information content (AvgIpc) is 2.53. The van der Waals surface area contributed by atoms with E-state index in [1.54, 1.807) is 0 Å². The van der Waals surface area contributed by atoms with Crippen LogP contribution in [0.4, 0.5) is 10.1 Å². The number of para-hydroxylation sites is 1. The summed E-state index contributed by atoms with van der Waals surface area (Å²) in [6, 6.07) is 11.1. The molecule has 0 aliphatic rings. The van der Waals surface area contributed by atoms with Gasteiger partial charge in [0.05, 0.1) is 10.6 Å². The monoisotopic (exact) mass is 301 g/mol. The van der Waals surface area contributed by atoms with Crippen LogP contribution in [0.25, 0.3) is 5.70 Å². The third-order valence-electron chi connectivity index (χ3n) is 2.86. The number of nitrogens with zero attached hydrogens (tertiary/aromatic N) is 1. The fourth-order valence-electron chi connectivity index (χ4n) is 1.75. The second-order valence-electron chi connectivity index (χ2n) is 4.34. The Morgan fingerprint density at radius 2 is 1.73 bits per heavy atom. The molecule has 0 saturated carbocycles. The van der Waals surface area contributed by atoms with Crippen molar-refractivity contribution in [2.24, 2.45) is 0 Å². The Hall–Kier alpha value is -3.22. The van der Waals surface area contributed by atoms with Crippen LogP contribution in [-0.4, -0.2) is 10.8 Å². The minimum atomic E-state index is -0.671. The van der Waals surface area contributed by atoms with E-state index in [-0.39, 0.29) is 17.1 Å². The van der Waals surface area contributed by atoms with Crippen molar-refractivity contribution < 1.29 is 14.1 Å². The van der Waals surface area contributed by atoms with Crippen LogP contribution in [0.5, 0.6) is 0 Å². The SMILES string of the molecule is C=C(NNC(=O)c1ccccc1[N+](=O)[O-])c1ccc(F)cc1. The molecule has 0 fully saturated rings. The lowest BCUT2D eigenvalue weighted by molar-refractivity contribution is -0.385. The standard InChI is InChI=1S/C15H12FN3O3/c1-10(11-6-8-12(16)9-7-11)17-18-15(20)13-4-2-3-5-14(13)19(21)22/h2-9,17H,1H2,(H,18,20). The first-order chi connectivity index (χ1) is 10.5. The van der Waals surface area contributed by atoms with Gasteiger partial charge in [-0.3, -0.25) is 25.8 Å². The zero-order valence-electron chi connectivity index (χ0n) is 11.4. The number of carbonyl (C=O) groups is 1. The lowest BCUT2D eigenvalue weighted by Crippen LogP contribution is -2.36. The summed E-state index contributed by atoms with van der Waals surface area (Å²) >= 11 is 0. The van der Waals surface area contributed by atoms with E-state index in [4.69, 9.17) is 0 Å². The molecule has 2 N–H and O–H groups in total. The van der Waals surface area contributed by atoms with Gasteiger partial charge in [0.2, 0.25) is 0 Å². The van der Waals surface area contributed by atoms with Gasteiger partial charge in [-0.05, 0) is 35.9 Å². The summed E-state index contributed by atoms with van der Waals surface area (Å²) < 4.78 is 12.8. The van der Waals surface area contributed by atoms with Crippen molar-refractivity contribution in [3.63, 3.8) is 0 Å². The number of hydrazine groups is 1. The molecule has 2 aromatic rings. The maximum absolute atomic E-state index is 12.8. The molecule has 0 unspecified atom stereocenters. The Bertz CT molecular complexity index is 729. The van der Waals surface area contributed by atoms with E-state index >= 15 is 0 Å². The number of halogens is 1. The summed E-state index contributed by atoms with van der Waals surface area (Å²) in [5, 5.41) is 10.9. The topological polar surface area (TPSA) is 84.3 Å². The predicted octanol–water partition coefficient (Wildman–Crippen LogP) is 2.64. The molecule has 0 atom stereocenters. The van der Waals surface area contributed by atoms with Crippen molar-refractivity contribution in [1.82, 2.24) is 10.9 Å². The van der Waals surface area contributed by atoms with Crippen LogP contribution < -0.4 is 10.9 Å². The second-order valence-corrected chi connectivity index (χ2v) is 4.34. The zero-order chi connectivity index (χ0) is 16.1. The van der Waals surface area contributed by atoms with E-state index in [0.717, 1.165) is 0 Å². The highest BCUT2D eigenvalue weighted by Gasteiger charge is 2.18. The van der Waals surface area contributed by atoms with E-state index in [9.17, 15) is 19.3 Å². The molecule has 0 saturated heterocycles. The Morgan fingerprint density at radius 3 is 2.36 bits per heavy atom. The van der Waals surface area contributed by atoms with Crippen LogP contribution in [0.2, 0.25) is 0 Å². The van der Waals surface area contributed by atoms with Gasteiger partial charge in [0, 0.05) is 6.07 Å². The van der Waals surface area contributed by atoms with Crippen molar-refractivity contribution in [2.75, 3.05) is 0 Å². The summed E-state index contributed by atoms with van der Waals surface area (Å²) in [6.07, 6.45) is 0. The summed E-state index contributed by atoms with van der Waals surface area (Å²) in [5.41, 5.74) is 5.39.